The monoisotopic (exact) mass is 421 g/mol. The molecule has 2 unspecified atom stereocenters. The van der Waals surface area contributed by atoms with Crippen molar-refractivity contribution < 1.29 is 18.3 Å². The number of halogens is 1. The molecule has 0 radical (unpaired) electrons. The van der Waals surface area contributed by atoms with Gasteiger partial charge >= 0.3 is 6.03 Å². The van der Waals surface area contributed by atoms with Crippen LogP contribution in [0.1, 0.15) is 30.7 Å². The molecule has 28 heavy (non-hydrogen) atoms. The van der Waals surface area contributed by atoms with Crippen LogP contribution in [0.3, 0.4) is 0 Å². The van der Waals surface area contributed by atoms with Gasteiger partial charge < -0.3 is 15.7 Å². The molecule has 9 heteroatoms. The molecule has 3 N–H and O–H groups in total. The van der Waals surface area contributed by atoms with Crippen molar-refractivity contribution in [3.8, 4) is 5.75 Å². The fraction of sp³-hybridized carbons (Fsp3) is 0.263. The molecule has 0 saturated heterocycles. The molecular formula is C19H20ClN3O4S. The second kappa shape index (κ2) is 8.20. The number of aromatic hydroxyl groups is 1. The number of urea groups is 1. The maximum atomic E-state index is 13.1. The van der Waals surface area contributed by atoms with E-state index in [-0.39, 0.29) is 16.8 Å². The first-order chi connectivity index (χ1) is 13.3. The summed E-state index contributed by atoms with van der Waals surface area (Å²) in [6.45, 7) is 1.46. The summed E-state index contributed by atoms with van der Waals surface area (Å²) in [5, 5.41) is 14.6. The first-order valence-electron chi connectivity index (χ1n) is 8.71. The van der Waals surface area contributed by atoms with Gasteiger partial charge in [0.25, 0.3) is 0 Å². The number of amides is 2. The third-order valence-electron chi connectivity index (χ3n) is 4.52. The maximum Gasteiger partial charge on any atom is 0.319 e. The lowest BCUT2D eigenvalue weighted by Crippen LogP contribution is -2.35. The van der Waals surface area contributed by atoms with Crippen molar-refractivity contribution in [1.82, 2.24) is 10.3 Å². The Morgan fingerprint density at radius 2 is 2.11 bits per heavy atom. The van der Waals surface area contributed by atoms with Gasteiger partial charge in [-0.1, -0.05) is 29.8 Å². The summed E-state index contributed by atoms with van der Waals surface area (Å²) in [6, 6.07) is 6.97. The van der Waals surface area contributed by atoms with E-state index < -0.39 is 31.8 Å². The van der Waals surface area contributed by atoms with Gasteiger partial charge in [-0.05, 0) is 44.0 Å². The van der Waals surface area contributed by atoms with Crippen molar-refractivity contribution in [3.05, 3.63) is 59.4 Å². The maximum absolute atomic E-state index is 13.1. The van der Waals surface area contributed by atoms with Gasteiger partial charge in [0.05, 0.1) is 16.4 Å². The number of carbonyl (C=O) groups is 1. The summed E-state index contributed by atoms with van der Waals surface area (Å²) in [4.78, 5) is 15.8. The van der Waals surface area contributed by atoms with Crippen molar-refractivity contribution >= 4 is 33.2 Å². The predicted molar refractivity (Wildman–Crippen MR) is 107 cm³/mol. The molecule has 1 aliphatic carbocycles. The van der Waals surface area contributed by atoms with Crippen LogP contribution < -0.4 is 10.6 Å². The number of hydrogen-bond acceptors (Lipinski definition) is 5. The Hall–Kier alpha value is -2.58. The number of carbonyl (C=O) groups excluding carboxylic acids is 1. The number of phenolic OH excluding ortho intramolecular Hbond substituents is 1. The first kappa shape index (κ1) is 20.2. The summed E-state index contributed by atoms with van der Waals surface area (Å²) >= 11 is 6.09. The van der Waals surface area contributed by atoms with Gasteiger partial charge in [-0.3, -0.25) is 4.98 Å². The molecule has 0 bridgehead atoms. The van der Waals surface area contributed by atoms with Crippen LogP contribution in [-0.4, -0.2) is 30.6 Å². The molecular weight excluding hydrogens is 402 g/mol. The van der Waals surface area contributed by atoms with Gasteiger partial charge in [-0.2, -0.15) is 0 Å². The lowest BCUT2D eigenvalue weighted by Gasteiger charge is -2.18. The Balaban J connectivity index is 1.90. The van der Waals surface area contributed by atoms with E-state index in [0.29, 0.717) is 5.69 Å². The summed E-state index contributed by atoms with van der Waals surface area (Å²) < 4.78 is 26.1. The standard InChI is InChI=1S/C19H20ClN3O4S/c1-12(15-8-4-5-11-21-15)28(26,27)18-14(20)9-10-16(17(18)24)23-19(25)22-13-6-2-3-7-13/h2,4-6,8-13,24H,3,7H2,1H3,(H2,22,23,25). The van der Waals surface area contributed by atoms with E-state index in [4.69, 9.17) is 11.6 Å². The molecule has 0 fully saturated rings. The van der Waals surface area contributed by atoms with Gasteiger partial charge in [-0.15, -0.1) is 0 Å². The summed E-state index contributed by atoms with van der Waals surface area (Å²) in [5.74, 6) is -0.604. The molecule has 3 rings (SSSR count). The molecule has 0 spiro atoms. The largest absolute Gasteiger partial charge is 0.504 e. The SMILES string of the molecule is CC(c1ccccn1)S(=O)(=O)c1c(Cl)ccc(NC(=O)NC2C=CCC2)c1O. The van der Waals surface area contributed by atoms with Crippen LogP contribution in [-0.2, 0) is 9.84 Å². The van der Waals surface area contributed by atoms with Crippen LogP contribution in [0.2, 0.25) is 5.02 Å². The van der Waals surface area contributed by atoms with Crippen molar-refractivity contribution in [2.45, 2.75) is 36.0 Å². The molecule has 2 aromatic rings. The van der Waals surface area contributed by atoms with E-state index in [1.165, 1.54) is 25.3 Å². The normalized spacial score (nSPS) is 17.3. The number of hydrogen-bond donors (Lipinski definition) is 3. The number of aromatic nitrogens is 1. The smallest absolute Gasteiger partial charge is 0.319 e. The highest BCUT2D eigenvalue weighted by Crippen LogP contribution is 2.41. The highest BCUT2D eigenvalue weighted by atomic mass is 35.5. The fourth-order valence-electron chi connectivity index (χ4n) is 2.95. The van der Waals surface area contributed by atoms with E-state index in [9.17, 15) is 18.3 Å². The Bertz CT molecular complexity index is 1010. The van der Waals surface area contributed by atoms with Gasteiger partial charge in [0.2, 0.25) is 0 Å². The Morgan fingerprint density at radius 3 is 2.75 bits per heavy atom. The lowest BCUT2D eigenvalue weighted by atomic mass is 10.2. The zero-order valence-corrected chi connectivity index (χ0v) is 16.7. The number of anilines is 1. The second-order valence-electron chi connectivity index (χ2n) is 6.42. The Kier molecular flexibility index (Phi) is 5.90. The topological polar surface area (TPSA) is 108 Å². The molecule has 1 aromatic carbocycles. The van der Waals surface area contributed by atoms with E-state index in [1.54, 1.807) is 18.2 Å². The minimum atomic E-state index is -4.06. The Labute approximate surface area is 168 Å². The van der Waals surface area contributed by atoms with Crippen LogP contribution in [0.5, 0.6) is 5.75 Å². The molecule has 2 atom stereocenters. The molecule has 148 valence electrons. The van der Waals surface area contributed by atoms with Gasteiger partial charge in [0, 0.05) is 12.2 Å². The third-order valence-corrected chi connectivity index (χ3v) is 7.10. The van der Waals surface area contributed by atoms with Crippen molar-refractivity contribution in [2.75, 3.05) is 5.32 Å². The van der Waals surface area contributed by atoms with Crippen LogP contribution >= 0.6 is 11.6 Å². The second-order valence-corrected chi connectivity index (χ2v) is 9.04. The van der Waals surface area contributed by atoms with Crippen molar-refractivity contribution in [2.24, 2.45) is 0 Å². The van der Waals surface area contributed by atoms with Gasteiger partial charge in [0.15, 0.2) is 15.6 Å². The highest BCUT2D eigenvalue weighted by molar-refractivity contribution is 7.91. The van der Waals surface area contributed by atoms with Crippen LogP contribution in [0.4, 0.5) is 10.5 Å². The first-order valence-corrected chi connectivity index (χ1v) is 10.6. The van der Waals surface area contributed by atoms with Crippen LogP contribution in [0.25, 0.3) is 0 Å². The van der Waals surface area contributed by atoms with Crippen molar-refractivity contribution in [3.63, 3.8) is 0 Å². The predicted octanol–water partition coefficient (Wildman–Crippen LogP) is 3.82. The highest BCUT2D eigenvalue weighted by Gasteiger charge is 2.32. The number of pyridine rings is 1. The molecule has 1 aliphatic rings. The Morgan fingerprint density at radius 1 is 1.32 bits per heavy atom. The number of allylic oxidation sites excluding steroid dienone is 1. The molecule has 7 nitrogen and oxygen atoms in total. The number of nitrogens with one attached hydrogen (secondary N) is 2. The number of rotatable bonds is 5. The third kappa shape index (κ3) is 4.13. The van der Waals surface area contributed by atoms with E-state index in [1.807, 2.05) is 12.2 Å². The van der Waals surface area contributed by atoms with Crippen molar-refractivity contribution in [1.29, 1.82) is 0 Å². The minimum Gasteiger partial charge on any atom is -0.504 e. The fourth-order valence-corrected chi connectivity index (χ4v) is 4.96. The summed E-state index contributed by atoms with van der Waals surface area (Å²) in [7, 11) is -4.06. The van der Waals surface area contributed by atoms with Crippen LogP contribution in [0, 0.1) is 0 Å². The minimum absolute atomic E-state index is 0.0457. The van der Waals surface area contributed by atoms with Gasteiger partial charge in [0.1, 0.15) is 10.1 Å². The van der Waals surface area contributed by atoms with E-state index in [0.717, 1.165) is 12.8 Å². The zero-order valence-electron chi connectivity index (χ0n) is 15.1. The lowest BCUT2D eigenvalue weighted by molar-refractivity contribution is 0.250. The average Bonchev–Trinajstić information content (AvgIpc) is 3.17. The molecule has 0 saturated carbocycles. The zero-order chi connectivity index (χ0) is 20.3. The average molecular weight is 422 g/mol. The quantitative estimate of drug-likeness (QED) is 0.502. The number of sulfone groups is 1. The number of nitrogens with zero attached hydrogens (tertiary/aromatic N) is 1. The summed E-state index contributed by atoms with van der Waals surface area (Å²) in [5.41, 5.74) is 0.276. The van der Waals surface area contributed by atoms with Crippen LogP contribution in [0.15, 0.2) is 53.6 Å². The number of phenols is 1. The molecule has 1 aromatic heterocycles. The summed E-state index contributed by atoms with van der Waals surface area (Å²) in [6.07, 6.45) is 7.01. The molecule has 0 aliphatic heterocycles. The number of benzene rings is 1. The van der Waals surface area contributed by atoms with E-state index >= 15 is 0 Å². The van der Waals surface area contributed by atoms with Gasteiger partial charge in [-0.25, -0.2) is 13.2 Å². The molecule has 1 heterocycles. The van der Waals surface area contributed by atoms with E-state index in [2.05, 4.69) is 15.6 Å². The molecule has 2 amide bonds.